The van der Waals surface area contributed by atoms with E-state index < -0.39 is 10.0 Å². The van der Waals surface area contributed by atoms with Gasteiger partial charge in [0.15, 0.2) is 0 Å². The van der Waals surface area contributed by atoms with Crippen LogP contribution >= 0.6 is 0 Å². The first-order valence-electron chi connectivity index (χ1n) is 9.19. The smallest absolute Gasteiger partial charge is 0.238 e. The van der Waals surface area contributed by atoms with E-state index in [0.29, 0.717) is 6.54 Å². The monoisotopic (exact) mass is 402 g/mol. The zero-order valence-corrected chi connectivity index (χ0v) is 17.0. The zero-order valence-electron chi connectivity index (χ0n) is 16.2. The molecule has 0 aromatic heterocycles. The predicted octanol–water partition coefficient (Wildman–Crippen LogP) is 1.71. The Hall–Kier alpha value is -2.42. The standard InChI is InChI=1S/C20H26N4O3S/c1-15-3-8-19(16(2)13-15)22-20(25)14-23-9-11-24(12-10-23)17-4-6-18(7-5-17)28(21,26)27/h3-8,13H,9-12,14H2,1-2H3,(H,22,25)(H2,21,26,27). The van der Waals surface area contributed by atoms with Gasteiger partial charge in [0.2, 0.25) is 15.9 Å². The number of hydrogen-bond donors (Lipinski definition) is 2. The minimum Gasteiger partial charge on any atom is -0.369 e. The highest BCUT2D eigenvalue weighted by atomic mass is 32.2. The molecule has 1 fully saturated rings. The van der Waals surface area contributed by atoms with Gasteiger partial charge in [0.1, 0.15) is 0 Å². The summed E-state index contributed by atoms with van der Waals surface area (Å²) in [5.74, 6) is -0.0158. The second-order valence-electron chi connectivity index (χ2n) is 7.17. The van der Waals surface area contributed by atoms with Crippen molar-refractivity contribution in [2.75, 3.05) is 42.9 Å². The van der Waals surface area contributed by atoms with Gasteiger partial charge in [-0.3, -0.25) is 9.69 Å². The Labute approximate surface area is 166 Å². The number of piperazine rings is 1. The third kappa shape index (κ3) is 5.09. The fourth-order valence-electron chi connectivity index (χ4n) is 3.36. The van der Waals surface area contributed by atoms with Crippen molar-refractivity contribution < 1.29 is 13.2 Å². The molecule has 0 atom stereocenters. The van der Waals surface area contributed by atoms with Crippen LogP contribution in [-0.2, 0) is 14.8 Å². The molecule has 1 amide bonds. The van der Waals surface area contributed by atoms with Gasteiger partial charge in [-0.2, -0.15) is 0 Å². The van der Waals surface area contributed by atoms with E-state index in [0.717, 1.165) is 43.1 Å². The molecule has 1 aliphatic rings. The maximum absolute atomic E-state index is 12.4. The average Bonchev–Trinajstić information content (AvgIpc) is 2.64. The van der Waals surface area contributed by atoms with Crippen molar-refractivity contribution in [2.45, 2.75) is 18.7 Å². The van der Waals surface area contributed by atoms with Gasteiger partial charge in [0, 0.05) is 37.6 Å². The van der Waals surface area contributed by atoms with E-state index in [1.165, 1.54) is 17.7 Å². The number of hydrogen-bond acceptors (Lipinski definition) is 5. The van der Waals surface area contributed by atoms with E-state index >= 15 is 0 Å². The summed E-state index contributed by atoms with van der Waals surface area (Å²) < 4.78 is 22.7. The fraction of sp³-hybridized carbons (Fsp3) is 0.350. The number of nitrogens with two attached hydrogens (primary N) is 1. The van der Waals surface area contributed by atoms with Gasteiger partial charge in [-0.25, -0.2) is 13.6 Å². The van der Waals surface area contributed by atoms with Crippen LogP contribution in [0.4, 0.5) is 11.4 Å². The number of nitrogens with one attached hydrogen (secondary N) is 1. The van der Waals surface area contributed by atoms with Crippen molar-refractivity contribution in [3.63, 3.8) is 0 Å². The van der Waals surface area contributed by atoms with Crippen LogP contribution in [0.25, 0.3) is 0 Å². The molecule has 8 heteroatoms. The number of aryl methyl sites for hydroxylation is 2. The minimum absolute atomic E-state index is 0.0158. The summed E-state index contributed by atoms with van der Waals surface area (Å²) >= 11 is 0. The van der Waals surface area contributed by atoms with Gasteiger partial charge in [-0.1, -0.05) is 17.7 Å². The van der Waals surface area contributed by atoms with Gasteiger partial charge in [-0.15, -0.1) is 0 Å². The Morgan fingerprint density at radius 3 is 2.25 bits per heavy atom. The van der Waals surface area contributed by atoms with E-state index in [9.17, 15) is 13.2 Å². The third-order valence-electron chi connectivity index (χ3n) is 4.93. The van der Waals surface area contributed by atoms with Crippen molar-refractivity contribution >= 4 is 27.3 Å². The van der Waals surface area contributed by atoms with E-state index in [1.807, 2.05) is 26.0 Å². The van der Waals surface area contributed by atoms with Gasteiger partial charge < -0.3 is 10.2 Å². The maximum Gasteiger partial charge on any atom is 0.238 e. The molecule has 1 heterocycles. The lowest BCUT2D eigenvalue weighted by molar-refractivity contribution is -0.117. The SMILES string of the molecule is Cc1ccc(NC(=O)CN2CCN(c3ccc(S(N)(=O)=O)cc3)CC2)c(C)c1. The number of amides is 1. The third-order valence-corrected chi connectivity index (χ3v) is 5.86. The highest BCUT2D eigenvalue weighted by molar-refractivity contribution is 7.89. The van der Waals surface area contributed by atoms with Crippen LogP contribution in [0.5, 0.6) is 0 Å². The molecule has 7 nitrogen and oxygen atoms in total. The zero-order chi connectivity index (χ0) is 20.3. The van der Waals surface area contributed by atoms with Crippen molar-refractivity contribution in [3.8, 4) is 0 Å². The number of nitrogens with zero attached hydrogens (tertiary/aromatic N) is 2. The first-order chi connectivity index (χ1) is 13.2. The Balaban J connectivity index is 1.51. The highest BCUT2D eigenvalue weighted by Gasteiger charge is 2.20. The topological polar surface area (TPSA) is 95.7 Å². The Bertz CT molecular complexity index is 950. The van der Waals surface area contributed by atoms with Crippen LogP contribution in [0.3, 0.4) is 0 Å². The second-order valence-corrected chi connectivity index (χ2v) is 8.73. The second kappa shape index (κ2) is 8.30. The number of rotatable bonds is 5. The number of primary sulfonamides is 1. The summed E-state index contributed by atoms with van der Waals surface area (Å²) in [4.78, 5) is 16.8. The molecule has 1 aliphatic heterocycles. The number of carbonyl (C=O) groups excluding carboxylic acids is 1. The van der Waals surface area contributed by atoms with Crippen LogP contribution in [0.1, 0.15) is 11.1 Å². The van der Waals surface area contributed by atoms with E-state index in [2.05, 4.69) is 21.2 Å². The Morgan fingerprint density at radius 2 is 1.68 bits per heavy atom. The Morgan fingerprint density at radius 1 is 1.04 bits per heavy atom. The Kier molecular flexibility index (Phi) is 6.02. The molecule has 2 aromatic carbocycles. The summed E-state index contributed by atoms with van der Waals surface area (Å²) in [6.45, 7) is 7.43. The molecular formula is C20H26N4O3S. The van der Waals surface area contributed by atoms with E-state index in [-0.39, 0.29) is 10.8 Å². The van der Waals surface area contributed by atoms with Crippen LogP contribution < -0.4 is 15.4 Å². The first kappa shape index (κ1) is 20.3. The lowest BCUT2D eigenvalue weighted by Crippen LogP contribution is -2.48. The van der Waals surface area contributed by atoms with Gasteiger partial charge in [-0.05, 0) is 49.7 Å². The fourth-order valence-corrected chi connectivity index (χ4v) is 3.87. The number of sulfonamides is 1. The van der Waals surface area contributed by atoms with Gasteiger partial charge >= 0.3 is 0 Å². The van der Waals surface area contributed by atoms with Crippen LogP contribution in [0.15, 0.2) is 47.4 Å². The summed E-state index contributed by atoms with van der Waals surface area (Å²) in [6.07, 6.45) is 0. The van der Waals surface area contributed by atoms with Crippen molar-refractivity contribution in [1.82, 2.24) is 4.90 Å². The number of anilines is 2. The van der Waals surface area contributed by atoms with Crippen molar-refractivity contribution in [3.05, 3.63) is 53.6 Å². The van der Waals surface area contributed by atoms with Gasteiger partial charge in [0.25, 0.3) is 0 Å². The van der Waals surface area contributed by atoms with Gasteiger partial charge in [0.05, 0.1) is 11.4 Å². The number of carbonyl (C=O) groups is 1. The largest absolute Gasteiger partial charge is 0.369 e. The molecule has 3 N–H and O–H groups in total. The molecule has 3 rings (SSSR count). The summed E-state index contributed by atoms with van der Waals surface area (Å²) in [5.41, 5.74) is 4.03. The normalized spacial score (nSPS) is 15.5. The molecule has 0 radical (unpaired) electrons. The maximum atomic E-state index is 12.4. The molecule has 2 aromatic rings. The summed E-state index contributed by atoms with van der Waals surface area (Å²) in [5, 5.41) is 8.12. The van der Waals surface area contributed by atoms with E-state index in [4.69, 9.17) is 5.14 Å². The lowest BCUT2D eigenvalue weighted by atomic mass is 10.1. The van der Waals surface area contributed by atoms with Crippen molar-refractivity contribution in [2.24, 2.45) is 5.14 Å². The molecule has 1 saturated heterocycles. The summed E-state index contributed by atoms with van der Waals surface area (Å²) in [7, 11) is -3.68. The van der Waals surface area contributed by atoms with Crippen molar-refractivity contribution in [1.29, 1.82) is 0 Å². The molecule has 0 spiro atoms. The van der Waals surface area contributed by atoms with E-state index in [1.54, 1.807) is 12.1 Å². The molecule has 0 bridgehead atoms. The summed E-state index contributed by atoms with van der Waals surface area (Å²) in [6, 6.07) is 12.6. The number of benzene rings is 2. The van der Waals surface area contributed by atoms with Crippen LogP contribution in [-0.4, -0.2) is 51.9 Å². The highest BCUT2D eigenvalue weighted by Crippen LogP contribution is 2.19. The molecule has 0 saturated carbocycles. The molecule has 150 valence electrons. The van der Waals surface area contributed by atoms with Crippen LogP contribution in [0.2, 0.25) is 0 Å². The lowest BCUT2D eigenvalue weighted by Gasteiger charge is -2.35. The quantitative estimate of drug-likeness (QED) is 0.794. The average molecular weight is 403 g/mol. The predicted molar refractivity (Wildman–Crippen MR) is 111 cm³/mol. The molecule has 0 unspecified atom stereocenters. The van der Waals surface area contributed by atoms with Crippen LogP contribution in [0, 0.1) is 13.8 Å². The minimum atomic E-state index is -3.68. The molecular weight excluding hydrogens is 376 g/mol. The molecule has 0 aliphatic carbocycles. The first-order valence-corrected chi connectivity index (χ1v) is 10.7. The molecule has 28 heavy (non-hydrogen) atoms.